The third-order valence-electron chi connectivity index (χ3n) is 9.87. The zero-order valence-electron chi connectivity index (χ0n) is 33.1. The van der Waals surface area contributed by atoms with Crippen molar-refractivity contribution in [3.05, 3.63) is 89.5 Å². The number of rotatable bonds is 10. The highest BCUT2D eigenvalue weighted by molar-refractivity contribution is 6.07. The molecule has 0 aromatic heterocycles. The SMILES string of the molecule is C[C@@H]1CN(c2ccc(C(=O)Nc3ccccc3NC(=O)OC(C)(C)C)cc2)CCN1C(=O)OCc1ccc(C2CC2N(CC2CC2)C(=O)OC(C)(C)C)cc1. The summed E-state index contributed by atoms with van der Waals surface area (Å²) in [4.78, 5) is 57.5. The van der Waals surface area contributed by atoms with Crippen molar-refractivity contribution in [1.29, 1.82) is 0 Å². The van der Waals surface area contributed by atoms with Crippen LogP contribution in [-0.4, -0.2) is 83.5 Å². The number of hydrogen-bond acceptors (Lipinski definition) is 8. The molecule has 12 nitrogen and oxygen atoms in total. The van der Waals surface area contributed by atoms with Crippen LogP contribution in [0.1, 0.15) is 95.1 Å². The predicted octanol–water partition coefficient (Wildman–Crippen LogP) is 8.64. The minimum Gasteiger partial charge on any atom is -0.445 e. The average Bonchev–Trinajstić information content (AvgIpc) is 4.05. The second-order valence-corrected chi connectivity index (χ2v) is 16.9. The zero-order chi connectivity index (χ0) is 39.5. The summed E-state index contributed by atoms with van der Waals surface area (Å²) >= 11 is 0. The van der Waals surface area contributed by atoms with Crippen molar-refractivity contribution < 1.29 is 33.4 Å². The van der Waals surface area contributed by atoms with Crippen LogP contribution in [0.5, 0.6) is 0 Å². The van der Waals surface area contributed by atoms with Crippen molar-refractivity contribution in [2.75, 3.05) is 41.7 Å². The summed E-state index contributed by atoms with van der Waals surface area (Å²) in [5, 5.41) is 5.58. The quantitative estimate of drug-likeness (QED) is 0.197. The van der Waals surface area contributed by atoms with E-state index in [-0.39, 0.29) is 42.7 Å². The predicted molar refractivity (Wildman–Crippen MR) is 213 cm³/mol. The topological polar surface area (TPSA) is 130 Å². The Morgan fingerprint density at radius 2 is 1.44 bits per heavy atom. The molecule has 2 unspecified atom stereocenters. The van der Waals surface area contributed by atoms with Crippen LogP contribution in [-0.2, 0) is 20.8 Å². The molecule has 0 bridgehead atoms. The van der Waals surface area contributed by atoms with Crippen LogP contribution < -0.4 is 15.5 Å². The first-order valence-electron chi connectivity index (χ1n) is 19.3. The van der Waals surface area contributed by atoms with Gasteiger partial charge >= 0.3 is 18.3 Å². The number of carbonyl (C=O) groups is 4. The monoisotopic (exact) mass is 753 g/mol. The molecule has 2 aliphatic carbocycles. The highest BCUT2D eigenvalue weighted by Gasteiger charge is 2.47. The molecule has 1 aliphatic heterocycles. The van der Waals surface area contributed by atoms with E-state index in [0.29, 0.717) is 42.5 Å². The lowest BCUT2D eigenvalue weighted by molar-refractivity contribution is 0.0220. The number of hydrogen-bond donors (Lipinski definition) is 2. The Kier molecular flexibility index (Phi) is 11.6. The molecule has 1 heterocycles. The fourth-order valence-electron chi connectivity index (χ4n) is 6.81. The number of piperazine rings is 1. The van der Waals surface area contributed by atoms with Gasteiger partial charge in [0.1, 0.15) is 17.8 Å². The van der Waals surface area contributed by atoms with Crippen LogP contribution >= 0.6 is 0 Å². The number of benzene rings is 3. The summed E-state index contributed by atoms with van der Waals surface area (Å²) in [6.45, 7) is 15.7. The van der Waals surface area contributed by atoms with Crippen molar-refractivity contribution >= 4 is 41.2 Å². The molecular formula is C43H55N5O7. The molecule has 4 amide bonds. The van der Waals surface area contributed by atoms with Gasteiger partial charge in [0.25, 0.3) is 5.91 Å². The maximum Gasteiger partial charge on any atom is 0.412 e. The first-order valence-corrected chi connectivity index (χ1v) is 19.3. The first-order chi connectivity index (χ1) is 26.0. The summed E-state index contributed by atoms with van der Waals surface area (Å²) in [6, 6.07) is 22.5. The van der Waals surface area contributed by atoms with Gasteiger partial charge in [-0.1, -0.05) is 36.4 Å². The lowest BCUT2D eigenvalue weighted by Crippen LogP contribution is -2.54. The van der Waals surface area contributed by atoms with Crippen molar-refractivity contribution in [1.82, 2.24) is 9.80 Å². The number of nitrogens with zero attached hydrogens (tertiary/aromatic N) is 3. The molecule has 3 atom stereocenters. The minimum absolute atomic E-state index is 0.0871. The third kappa shape index (κ3) is 10.9. The van der Waals surface area contributed by atoms with Gasteiger partial charge in [0, 0.05) is 55.4 Å². The summed E-state index contributed by atoms with van der Waals surface area (Å²) in [5.74, 6) is 0.550. The molecule has 3 aromatic carbocycles. The molecule has 2 saturated carbocycles. The molecule has 3 aliphatic rings. The first kappa shape index (κ1) is 39.4. The Bertz CT molecular complexity index is 1850. The van der Waals surface area contributed by atoms with Crippen molar-refractivity contribution in [2.45, 2.75) is 104 Å². The van der Waals surface area contributed by atoms with Crippen molar-refractivity contribution in [3.8, 4) is 0 Å². The number of para-hydroxylation sites is 2. The van der Waals surface area contributed by atoms with Gasteiger partial charge in [-0.2, -0.15) is 0 Å². The Morgan fingerprint density at radius 3 is 2.04 bits per heavy atom. The maximum absolute atomic E-state index is 13.2. The Morgan fingerprint density at radius 1 is 0.800 bits per heavy atom. The summed E-state index contributed by atoms with van der Waals surface area (Å²) in [6.07, 6.45) is 2.09. The molecule has 3 aromatic rings. The number of amides is 4. The van der Waals surface area contributed by atoms with Crippen molar-refractivity contribution in [3.63, 3.8) is 0 Å². The molecule has 294 valence electrons. The van der Waals surface area contributed by atoms with Gasteiger partial charge in [-0.25, -0.2) is 14.4 Å². The van der Waals surface area contributed by atoms with Gasteiger partial charge < -0.3 is 34.2 Å². The Labute approximate surface area is 324 Å². The highest BCUT2D eigenvalue weighted by Crippen LogP contribution is 2.46. The van der Waals surface area contributed by atoms with Crippen LogP contribution in [0.15, 0.2) is 72.8 Å². The molecule has 0 radical (unpaired) electrons. The van der Waals surface area contributed by atoms with E-state index in [2.05, 4.69) is 27.7 Å². The molecule has 2 N–H and O–H groups in total. The van der Waals surface area contributed by atoms with Gasteiger partial charge in [0.2, 0.25) is 0 Å². The second-order valence-electron chi connectivity index (χ2n) is 16.9. The second kappa shape index (κ2) is 16.2. The van der Waals surface area contributed by atoms with Crippen LogP contribution in [0.25, 0.3) is 0 Å². The van der Waals surface area contributed by atoms with Crippen LogP contribution in [0, 0.1) is 5.92 Å². The third-order valence-corrected chi connectivity index (χ3v) is 9.87. The smallest absolute Gasteiger partial charge is 0.412 e. The van der Waals surface area contributed by atoms with E-state index in [1.165, 1.54) is 18.4 Å². The molecule has 55 heavy (non-hydrogen) atoms. The number of nitrogens with one attached hydrogen (secondary N) is 2. The molecule has 6 rings (SSSR count). The fourth-order valence-corrected chi connectivity index (χ4v) is 6.81. The summed E-state index contributed by atoms with van der Waals surface area (Å²) in [5.41, 5.74) is 3.21. The maximum atomic E-state index is 13.2. The minimum atomic E-state index is -0.654. The molecule has 12 heteroatoms. The average molecular weight is 754 g/mol. The van der Waals surface area contributed by atoms with E-state index in [4.69, 9.17) is 14.2 Å². The van der Waals surface area contributed by atoms with Crippen LogP contribution in [0.4, 0.5) is 31.4 Å². The van der Waals surface area contributed by atoms with E-state index < -0.39 is 17.3 Å². The molecular weight excluding hydrogens is 699 g/mol. The van der Waals surface area contributed by atoms with E-state index in [1.54, 1.807) is 62.1 Å². The number of anilines is 3. The van der Waals surface area contributed by atoms with Crippen molar-refractivity contribution in [2.24, 2.45) is 5.92 Å². The van der Waals surface area contributed by atoms with Gasteiger partial charge in [0.05, 0.1) is 11.4 Å². The van der Waals surface area contributed by atoms with Crippen LogP contribution in [0.3, 0.4) is 0 Å². The largest absolute Gasteiger partial charge is 0.445 e. The van der Waals surface area contributed by atoms with Gasteiger partial charge in [-0.3, -0.25) is 10.1 Å². The van der Waals surface area contributed by atoms with Gasteiger partial charge in [-0.15, -0.1) is 0 Å². The van der Waals surface area contributed by atoms with Crippen LogP contribution in [0.2, 0.25) is 0 Å². The van der Waals surface area contributed by atoms with E-state index in [9.17, 15) is 19.2 Å². The standard InChI is InChI=1S/C43H55N5O7/c1-28-25-46(33-20-18-32(19-21-33)38(49)44-35-10-8-9-11-36(35)45-39(50)54-42(2,3)4)22-23-47(28)40(51)53-27-30-14-16-31(17-15-30)34-24-37(34)48(26-29-12-13-29)41(52)55-43(5,6)7/h8-11,14-21,28-29,34,37H,12-13,22-27H2,1-7H3,(H,44,49)(H,45,50)/t28-,34?,37?/m1/s1. The molecule has 3 fully saturated rings. The summed E-state index contributed by atoms with van der Waals surface area (Å²) in [7, 11) is 0. The van der Waals surface area contributed by atoms with Gasteiger partial charge in [-0.05, 0) is 121 Å². The number of carbonyl (C=O) groups excluding carboxylic acids is 4. The zero-order valence-corrected chi connectivity index (χ0v) is 33.1. The Balaban J connectivity index is 0.960. The van der Waals surface area contributed by atoms with E-state index in [0.717, 1.165) is 24.2 Å². The van der Waals surface area contributed by atoms with Gasteiger partial charge in [0.15, 0.2) is 0 Å². The van der Waals surface area contributed by atoms with E-state index >= 15 is 0 Å². The lowest BCUT2D eigenvalue weighted by Gasteiger charge is -2.40. The summed E-state index contributed by atoms with van der Waals surface area (Å²) < 4.78 is 16.8. The Hall–Kier alpha value is -5.26. The highest BCUT2D eigenvalue weighted by atomic mass is 16.6. The lowest BCUT2D eigenvalue weighted by atomic mass is 10.1. The molecule has 0 spiro atoms. The number of ether oxygens (including phenoxy) is 3. The molecule has 1 saturated heterocycles. The normalized spacial score (nSPS) is 19.6. The fraction of sp³-hybridized carbons (Fsp3) is 0.488. The van der Waals surface area contributed by atoms with E-state index in [1.807, 2.05) is 56.9 Å².